The van der Waals surface area contributed by atoms with Gasteiger partial charge in [0.05, 0.1) is 11.4 Å². The van der Waals surface area contributed by atoms with Crippen molar-refractivity contribution in [3.63, 3.8) is 0 Å². The highest BCUT2D eigenvalue weighted by Gasteiger charge is 2.34. The molecule has 2 heterocycles. The van der Waals surface area contributed by atoms with E-state index in [2.05, 4.69) is 152 Å². The van der Waals surface area contributed by atoms with Gasteiger partial charge in [-0.3, -0.25) is 0 Å². The minimum absolute atomic E-state index is 0.688. The number of hydrogen-bond acceptors (Lipinski definition) is 3. The maximum atomic E-state index is 14.3. The molecule has 0 bridgehead atoms. The molecule has 1 unspecified atom stereocenters. The summed E-state index contributed by atoms with van der Waals surface area (Å²) in [6.07, 6.45) is 0. The molecule has 0 N–H and O–H groups in total. The van der Waals surface area contributed by atoms with Gasteiger partial charge in [-0.15, -0.1) is 0 Å². The third-order valence-corrected chi connectivity index (χ3v) is 13.5. The highest BCUT2D eigenvalue weighted by Crippen LogP contribution is 2.51. The summed E-state index contributed by atoms with van der Waals surface area (Å²) in [5.41, 5.74) is 13.7. The third-order valence-electron chi connectivity index (χ3n) is 10.9. The molecule has 0 saturated carbocycles. The maximum absolute atomic E-state index is 14.3. The lowest BCUT2D eigenvalue weighted by Gasteiger charge is -2.16. The molecule has 8 aromatic carbocycles. The van der Waals surface area contributed by atoms with Crippen LogP contribution < -0.4 is 10.6 Å². The van der Waals surface area contributed by atoms with Gasteiger partial charge in [0.2, 0.25) is 0 Å². The molecule has 1 aliphatic rings. The summed E-state index contributed by atoms with van der Waals surface area (Å²) < 4.78 is 14.3. The van der Waals surface area contributed by atoms with Gasteiger partial charge in [-0.1, -0.05) is 182 Å². The first kappa shape index (κ1) is 32.9. The van der Waals surface area contributed by atoms with Crippen LogP contribution in [0.3, 0.4) is 0 Å². The molecule has 0 radical (unpaired) electrons. The van der Waals surface area contributed by atoms with E-state index in [4.69, 9.17) is 9.97 Å². The van der Waals surface area contributed by atoms with Gasteiger partial charge in [0, 0.05) is 27.3 Å². The zero-order valence-corrected chi connectivity index (χ0v) is 31.1. The lowest BCUT2D eigenvalue weighted by molar-refractivity contribution is 0.591. The molecule has 10 rings (SSSR count). The lowest BCUT2D eigenvalue weighted by atomic mass is 9.88. The molecule has 1 atom stereocenters. The second kappa shape index (κ2) is 13.3. The van der Waals surface area contributed by atoms with E-state index in [9.17, 15) is 4.57 Å². The van der Waals surface area contributed by atoms with Crippen molar-refractivity contribution in [1.82, 2.24) is 9.97 Å². The minimum Gasteiger partial charge on any atom is -0.314 e. The molecule has 9 aromatic rings. The van der Waals surface area contributed by atoms with Crippen molar-refractivity contribution in [3.8, 4) is 78.4 Å². The number of hydrogen-bond donors (Lipinski definition) is 0. The Hall–Kier alpha value is -6.67. The van der Waals surface area contributed by atoms with Crippen LogP contribution in [0.25, 0.3) is 89.2 Å². The number of fused-ring (bicyclic) bond motifs is 4. The first-order valence-electron chi connectivity index (χ1n) is 18.6. The quantitative estimate of drug-likeness (QED) is 0.161. The average Bonchev–Trinajstić information content (AvgIpc) is 3.49. The van der Waals surface area contributed by atoms with Crippen LogP contribution in [-0.4, -0.2) is 16.6 Å². The minimum atomic E-state index is -2.73. The SMILES string of the molecule is CP1(=O)c2ccccc2-c2ccc(-c3ccc4ccccc4c3-c3ccc(-c4cc(-c5ccc(-c6ccccc6)cc5)nc(-c5ccccc5)n4)cc3)cc21. The van der Waals surface area contributed by atoms with E-state index in [-0.39, 0.29) is 0 Å². The van der Waals surface area contributed by atoms with Crippen LogP contribution in [-0.2, 0) is 4.57 Å². The molecule has 4 heteroatoms. The Morgan fingerprint density at radius 3 is 1.60 bits per heavy atom. The van der Waals surface area contributed by atoms with Crippen LogP contribution in [0.15, 0.2) is 194 Å². The Morgan fingerprint density at radius 2 is 0.891 bits per heavy atom. The molecule has 0 amide bonds. The molecule has 0 aliphatic carbocycles. The highest BCUT2D eigenvalue weighted by atomic mass is 31.2. The second-order valence-electron chi connectivity index (χ2n) is 14.2. The Kier molecular flexibility index (Phi) is 7.98. The fourth-order valence-electron chi connectivity index (χ4n) is 8.04. The molecule has 1 aromatic heterocycles. The molecule has 1 aliphatic heterocycles. The summed E-state index contributed by atoms with van der Waals surface area (Å²) in [6, 6.07) is 67.6. The van der Waals surface area contributed by atoms with Gasteiger partial charge in [-0.05, 0) is 74.1 Å². The van der Waals surface area contributed by atoms with E-state index < -0.39 is 7.14 Å². The maximum Gasteiger partial charge on any atom is 0.160 e. The Labute approximate surface area is 321 Å². The van der Waals surface area contributed by atoms with Crippen LogP contribution in [0, 0.1) is 0 Å². The molecule has 260 valence electrons. The molecule has 55 heavy (non-hydrogen) atoms. The second-order valence-corrected chi connectivity index (χ2v) is 17.0. The number of benzene rings is 8. The fraction of sp³-hybridized carbons (Fsp3) is 0.0196. The van der Waals surface area contributed by atoms with E-state index in [1.54, 1.807) is 0 Å². The summed E-state index contributed by atoms with van der Waals surface area (Å²) in [5, 5.41) is 4.23. The van der Waals surface area contributed by atoms with Gasteiger partial charge in [0.25, 0.3) is 0 Å². The summed E-state index contributed by atoms with van der Waals surface area (Å²) in [4.78, 5) is 10.2. The van der Waals surface area contributed by atoms with Gasteiger partial charge in [-0.25, -0.2) is 9.97 Å². The van der Waals surface area contributed by atoms with Crippen LogP contribution in [0.1, 0.15) is 0 Å². The van der Waals surface area contributed by atoms with E-state index >= 15 is 0 Å². The molecule has 0 saturated heterocycles. The summed E-state index contributed by atoms with van der Waals surface area (Å²) in [6.45, 7) is 1.91. The zero-order chi connectivity index (χ0) is 36.9. The van der Waals surface area contributed by atoms with Crippen LogP contribution in [0.5, 0.6) is 0 Å². The predicted molar refractivity (Wildman–Crippen MR) is 230 cm³/mol. The van der Waals surface area contributed by atoms with Crippen molar-refractivity contribution in [1.29, 1.82) is 0 Å². The summed E-state index contributed by atoms with van der Waals surface area (Å²) in [5.74, 6) is 0.688. The van der Waals surface area contributed by atoms with Gasteiger partial charge < -0.3 is 4.57 Å². The van der Waals surface area contributed by atoms with Crippen molar-refractivity contribution in [3.05, 3.63) is 194 Å². The summed E-state index contributed by atoms with van der Waals surface area (Å²) in [7, 11) is -2.73. The smallest absolute Gasteiger partial charge is 0.160 e. The van der Waals surface area contributed by atoms with Crippen molar-refractivity contribution < 1.29 is 4.57 Å². The molecule has 0 spiro atoms. The molecule has 3 nitrogen and oxygen atoms in total. The average molecular weight is 723 g/mol. The lowest BCUT2D eigenvalue weighted by Crippen LogP contribution is -2.08. The van der Waals surface area contributed by atoms with Crippen LogP contribution in [0.4, 0.5) is 0 Å². The largest absolute Gasteiger partial charge is 0.314 e. The molecular formula is C51H35N2OP. The predicted octanol–water partition coefficient (Wildman–Crippen LogP) is 12.6. The van der Waals surface area contributed by atoms with Crippen molar-refractivity contribution in [2.45, 2.75) is 0 Å². The van der Waals surface area contributed by atoms with Gasteiger partial charge in [-0.2, -0.15) is 0 Å². The Bertz CT molecular complexity index is 2940. The monoisotopic (exact) mass is 722 g/mol. The van der Waals surface area contributed by atoms with Gasteiger partial charge in [0.15, 0.2) is 5.82 Å². The first-order valence-corrected chi connectivity index (χ1v) is 20.7. The number of rotatable bonds is 6. The Morgan fingerprint density at radius 1 is 0.382 bits per heavy atom. The van der Waals surface area contributed by atoms with Crippen molar-refractivity contribution in [2.75, 3.05) is 6.66 Å². The standard InChI is InChI=1S/C51H35N2OP/c1-55(54)48-19-11-10-18-44(48)45-31-29-41(32-49(45)55)43-30-28-36-14-8-9-17-42(36)50(43)39-26-24-38(25-27-39)47-33-46(52-51(53-47)40-15-6-3-7-16-40)37-22-20-35(21-23-37)34-12-4-2-5-13-34/h2-33H,1H3. The molecule has 0 fully saturated rings. The third kappa shape index (κ3) is 5.81. The van der Waals surface area contributed by atoms with Gasteiger partial charge in [0.1, 0.15) is 7.14 Å². The van der Waals surface area contributed by atoms with Crippen molar-refractivity contribution >= 4 is 28.5 Å². The normalized spacial score (nSPS) is 14.4. The zero-order valence-electron chi connectivity index (χ0n) is 30.2. The van der Waals surface area contributed by atoms with Crippen molar-refractivity contribution in [2.24, 2.45) is 0 Å². The van der Waals surface area contributed by atoms with E-state index in [0.717, 1.165) is 72.1 Å². The van der Waals surface area contributed by atoms with Crippen LogP contribution >= 0.6 is 7.14 Å². The first-order chi connectivity index (χ1) is 27.0. The van der Waals surface area contributed by atoms with Gasteiger partial charge >= 0.3 is 0 Å². The fourth-order valence-corrected chi connectivity index (χ4v) is 10.4. The highest BCUT2D eigenvalue weighted by molar-refractivity contribution is 7.79. The summed E-state index contributed by atoms with van der Waals surface area (Å²) >= 11 is 0. The Balaban J connectivity index is 1.07. The number of nitrogens with zero attached hydrogens (tertiary/aromatic N) is 2. The molecular weight excluding hydrogens is 688 g/mol. The van der Waals surface area contributed by atoms with E-state index in [1.165, 1.54) is 21.9 Å². The van der Waals surface area contributed by atoms with E-state index in [0.29, 0.717) is 5.82 Å². The topological polar surface area (TPSA) is 42.9 Å². The van der Waals surface area contributed by atoms with Crippen LogP contribution in [0.2, 0.25) is 0 Å². The number of aromatic nitrogens is 2. The van der Waals surface area contributed by atoms with E-state index in [1.807, 2.05) is 49.1 Å².